The fourth-order valence-corrected chi connectivity index (χ4v) is 2.45. The molecule has 1 saturated carbocycles. The van der Waals surface area contributed by atoms with Crippen LogP contribution in [0.15, 0.2) is 46.4 Å². The van der Waals surface area contributed by atoms with Gasteiger partial charge in [0.15, 0.2) is 0 Å². The molecule has 1 aliphatic rings. The first-order valence-electron chi connectivity index (χ1n) is 7.11. The van der Waals surface area contributed by atoms with Gasteiger partial charge in [-0.3, -0.25) is 4.79 Å². The molecule has 0 N–H and O–H groups in total. The van der Waals surface area contributed by atoms with Crippen LogP contribution in [-0.2, 0) is 0 Å². The zero-order valence-electron chi connectivity index (χ0n) is 12.0. The Morgan fingerprint density at radius 2 is 2.09 bits per heavy atom. The molecule has 1 heterocycles. The van der Waals surface area contributed by atoms with Crippen molar-refractivity contribution < 1.29 is 13.6 Å². The van der Waals surface area contributed by atoms with Crippen molar-refractivity contribution in [1.82, 2.24) is 0 Å². The normalized spacial score (nSPS) is 20.5. The van der Waals surface area contributed by atoms with Crippen molar-refractivity contribution in [3.63, 3.8) is 0 Å². The molecule has 1 aromatic heterocycles. The van der Waals surface area contributed by atoms with Gasteiger partial charge in [-0.25, -0.2) is 4.39 Å². The lowest BCUT2D eigenvalue weighted by molar-refractivity contribution is 0.103. The van der Waals surface area contributed by atoms with E-state index in [2.05, 4.69) is 6.92 Å². The monoisotopic (exact) mass is 295 g/mol. The summed E-state index contributed by atoms with van der Waals surface area (Å²) in [5.41, 5.74) is -0.257. The molecule has 0 unspecified atom stereocenters. The average molecular weight is 295 g/mol. The van der Waals surface area contributed by atoms with E-state index < -0.39 is 11.6 Å². The Balaban J connectivity index is 1.87. The zero-order chi connectivity index (χ0) is 15.7. The molecule has 2 aromatic rings. The number of furan rings is 1. The maximum atomic E-state index is 13.7. The van der Waals surface area contributed by atoms with Gasteiger partial charge in [0.25, 0.3) is 0 Å². The number of hydrogen-bond acceptors (Lipinski definition) is 3. The lowest BCUT2D eigenvalue weighted by atomic mass is 10.0. The average Bonchev–Trinajstić information content (AvgIpc) is 3.07. The molecular formula is C18H14FNO2. The molecule has 3 nitrogen and oxygen atoms in total. The number of carbonyl (C=O) groups is 1. The van der Waals surface area contributed by atoms with Gasteiger partial charge in [-0.05, 0) is 36.6 Å². The summed E-state index contributed by atoms with van der Waals surface area (Å²) in [4.78, 5) is 12.2. The molecule has 0 aliphatic heterocycles. The number of benzene rings is 1. The second kappa shape index (κ2) is 5.61. The first-order valence-corrected chi connectivity index (χ1v) is 7.11. The van der Waals surface area contributed by atoms with Crippen molar-refractivity contribution in [1.29, 1.82) is 5.26 Å². The van der Waals surface area contributed by atoms with Crippen LogP contribution < -0.4 is 0 Å². The van der Waals surface area contributed by atoms with Gasteiger partial charge in [0.2, 0.25) is 5.78 Å². The molecule has 1 aliphatic carbocycles. The molecule has 22 heavy (non-hydrogen) atoms. The Labute approximate surface area is 127 Å². The van der Waals surface area contributed by atoms with Crippen LogP contribution in [0.3, 0.4) is 0 Å². The number of Topliss-reactive ketones (excluding diaryl/α,β-unsaturated/α-hetero) is 1. The minimum atomic E-state index is -0.640. The van der Waals surface area contributed by atoms with Crippen LogP contribution in [0.2, 0.25) is 0 Å². The van der Waals surface area contributed by atoms with Gasteiger partial charge in [-0.15, -0.1) is 0 Å². The molecule has 0 radical (unpaired) electrons. The van der Waals surface area contributed by atoms with Gasteiger partial charge >= 0.3 is 0 Å². The summed E-state index contributed by atoms with van der Waals surface area (Å²) < 4.78 is 19.3. The molecule has 0 amide bonds. The maximum absolute atomic E-state index is 13.7. The summed E-state index contributed by atoms with van der Waals surface area (Å²) in [7, 11) is 0. The van der Waals surface area contributed by atoms with Gasteiger partial charge in [-0.2, -0.15) is 5.26 Å². The predicted molar refractivity (Wildman–Crippen MR) is 79.6 cm³/mol. The van der Waals surface area contributed by atoms with Crippen molar-refractivity contribution in [2.45, 2.75) is 19.3 Å². The minimum absolute atomic E-state index is 0.113. The van der Waals surface area contributed by atoms with Crippen LogP contribution in [0.25, 0.3) is 6.08 Å². The number of ketones is 1. The molecule has 0 bridgehead atoms. The highest BCUT2D eigenvalue weighted by molar-refractivity contribution is 6.14. The van der Waals surface area contributed by atoms with E-state index in [1.165, 1.54) is 24.3 Å². The van der Waals surface area contributed by atoms with Gasteiger partial charge in [-0.1, -0.05) is 19.1 Å². The van der Waals surface area contributed by atoms with Crippen LogP contribution in [0, 0.1) is 23.1 Å². The minimum Gasteiger partial charge on any atom is -0.461 e. The van der Waals surface area contributed by atoms with Crippen LogP contribution in [0.1, 0.15) is 41.1 Å². The fourth-order valence-electron chi connectivity index (χ4n) is 2.45. The molecule has 110 valence electrons. The standard InChI is InChI=1S/C18H14FNO2/c1-11-8-15(11)17-7-6-13(22-17)9-12(10-20)18(21)14-4-2-3-5-16(14)19/h2-7,9,11,15H,8H2,1H3/b12-9+/t11-,15+/m1/s1. The number of halogens is 1. The lowest BCUT2D eigenvalue weighted by Gasteiger charge is -2.00. The third-order valence-corrected chi connectivity index (χ3v) is 3.89. The number of rotatable bonds is 4. The van der Waals surface area contributed by atoms with E-state index in [-0.39, 0.29) is 11.1 Å². The van der Waals surface area contributed by atoms with E-state index in [0.29, 0.717) is 17.6 Å². The second-order valence-corrected chi connectivity index (χ2v) is 5.54. The third-order valence-electron chi connectivity index (χ3n) is 3.89. The Bertz CT molecular complexity index is 797. The quantitative estimate of drug-likeness (QED) is 0.479. The van der Waals surface area contributed by atoms with E-state index in [4.69, 9.17) is 4.42 Å². The maximum Gasteiger partial charge on any atom is 0.206 e. The highest BCUT2D eigenvalue weighted by Gasteiger charge is 2.36. The number of hydrogen-bond donors (Lipinski definition) is 0. The smallest absolute Gasteiger partial charge is 0.206 e. The largest absolute Gasteiger partial charge is 0.461 e. The second-order valence-electron chi connectivity index (χ2n) is 5.54. The first-order chi connectivity index (χ1) is 10.6. The molecule has 2 atom stereocenters. The van der Waals surface area contributed by atoms with Crippen LogP contribution in [0.4, 0.5) is 4.39 Å². The SMILES string of the molecule is C[C@@H]1C[C@@H]1c1ccc(/C=C(\C#N)C(=O)c2ccccc2F)o1. The molecule has 0 spiro atoms. The van der Waals surface area contributed by atoms with Gasteiger partial charge < -0.3 is 4.42 Å². The number of carbonyl (C=O) groups excluding carboxylic acids is 1. The zero-order valence-corrected chi connectivity index (χ0v) is 12.0. The summed E-state index contributed by atoms with van der Waals surface area (Å²) in [6.07, 6.45) is 2.46. The Kier molecular flexibility index (Phi) is 3.64. The third kappa shape index (κ3) is 2.71. The number of allylic oxidation sites excluding steroid dienone is 1. The van der Waals surface area contributed by atoms with Crippen LogP contribution in [0.5, 0.6) is 0 Å². The Hall–Kier alpha value is -2.67. The number of nitriles is 1. The summed E-state index contributed by atoms with van der Waals surface area (Å²) in [6, 6.07) is 11.0. The highest BCUT2D eigenvalue weighted by Crippen LogP contribution is 2.47. The molecule has 0 saturated heterocycles. The summed E-state index contributed by atoms with van der Waals surface area (Å²) in [5, 5.41) is 9.18. The van der Waals surface area contributed by atoms with Crippen molar-refractivity contribution in [3.8, 4) is 6.07 Å². The van der Waals surface area contributed by atoms with E-state index in [0.717, 1.165) is 12.2 Å². The fraction of sp³-hybridized carbons (Fsp3) is 0.222. The van der Waals surface area contributed by atoms with E-state index in [1.807, 2.05) is 12.1 Å². The first kappa shape index (κ1) is 14.3. The van der Waals surface area contributed by atoms with E-state index in [9.17, 15) is 14.4 Å². The van der Waals surface area contributed by atoms with Gasteiger partial charge in [0.05, 0.1) is 5.56 Å². The van der Waals surface area contributed by atoms with Crippen molar-refractivity contribution >= 4 is 11.9 Å². The molecule has 3 rings (SSSR count). The molecule has 1 aromatic carbocycles. The molecule has 1 fully saturated rings. The van der Waals surface area contributed by atoms with Crippen molar-refractivity contribution in [2.24, 2.45) is 5.92 Å². The summed E-state index contributed by atoms with van der Waals surface area (Å²) in [5.74, 6) is 1.07. The summed E-state index contributed by atoms with van der Waals surface area (Å²) >= 11 is 0. The van der Waals surface area contributed by atoms with E-state index >= 15 is 0 Å². The topological polar surface area (TPSA) is 54.0 Å². The lowest BCUT2D eigenvalue weighted by Crippen LogP contribution is -2.04. The Morgan fingerprint density at radius 1 is 1.36 bits per heavy atom. The van der Waals surface area contributed by atoms with Crippen LogP contribution in [-0.4, -0.2) is 5.78 Å². The molecular weight excluding hydrogens is 281 g/mol. The van der Waals surface area contributed by atoms with E-state index in [1.54, 1.807) is 12.1 Å². The van der Waals surface area contributed by atoms with Crippen molar-refractivity contribution in [2.75, 3.05) is 0 Å². The Morgan fingerprint density at radius 3 is 2.73 bits per heavy atom. The van der Waals surface area contributed by atoms with Crippen molar-refractivity contribution in [3.05, 3.63) is 64.9 Å². The molecule has 4 heteroatoms. The predicted octanol–water partition coefficient (Wildman–Crippen LogP) is 4.33. The van der Waals surface area contributed by atoms with Gasteiger partial charge in [0, 0.05) is 12.0 Å². The summed E-state index contributed by atoms with van der Waals surface area (Å²) in [6.45, 7) is 2.14. The van der Waals surface area contributed by atoms with Crippen LogP contribution >= 0.6 is 0 Å². The highest BCUT2D eigenvalue weighted by atomic mass is 19.1. The van der Waals surface area contributed by atoms with Gasteiger partial charge in [0.1, 0.15) is 29.0 Å². The number of nitrogens with zero attached hydrogens (tertiary/aromatic N) is 1.